The minimum atomic E-state index is -0.866. The van der Waals surface area contributed by atoms with E-state index in [1.165, 1.54) is 0 Å². The second kappa shape index (κ2) is 4.17. The molecule has 1 aromatic carbocycles. The number of benzene rings is 1. The van der Waals surface area contributed by atoms with Crippen molar-refractivity contribution in [1.82, 2.24) is 0 Å². The van der Waals surface area contributed by atoms with Gasteiger partial charge in [-0.05, 0) is 25.0 Å². The van der Waals surface area contributed by atoms with Gasteiger partial charge in [-0.15, -0.1) is 0 Å². The van der Waals surface area contributed by atoms with Crippen molar-refractivity contribution in [3.63, 3.8) is 0 Å². The molecule has 1 unspecified atom stereocenters. The fourth-order valence-corrected chi connectivity index (χ4v) is 2.39. The van der Waals surface area contributed by atoms with Crippen LogP contribution in [0.2, 0.25) is 0 Å². The maximum atomic E-state index is 10.6. The Morgan fingerprint density at radius 1 is 1.12 bits per heavy atom. The van der Waals surface area contributed by atoms with Crippen molar-refractivity contribution in [3.8, 4) is 0 Å². The average molecular weight is 232 g/mol. The third-order valence-corrected chi connectivity index (χ3v) is 3.42. The lowest BCUT2D eigenvalue weighted by atomic mass is 9.92. The first-order valence-corrected chi connectivity index (χ1v) is 6.07. The number of furan rings is 1. The van der Waals surface area contributed by atoms with E-state index in [2.05, 4.69) is 0 Å². The van der Waals surface area contributed by atoms with E-state index in [0.29, 0.717) is 25.2 Å². The van der Waals surface area contributed by atoms with Crippen LogP contribution in [0.1, 0.15) is 25.0 Å². The van der Waals surface area contributed by atoms with Crippen molar-refractivity contribution in [1.29, 1.82) is 0 Å². The third kappa shape index (κ3) is 1.96. The van der Waals surface area contributed by atoms with Gasteiger partial charge in [0.25, 0.3) is 0 Å². The van der Waals surface area contributed by atoms with E-state index in [4.69, 9.17) is 9.15 Å². The van der Waals surface area contributed by atoms with Crippen LogP contribution in [0.5, 0.6) is 0 Å². The van der Waals surface area contributed by atoms with Crippen LogP contribution in [-0.4, -0.2) is 18.3 Å². The molecule has 2 aromatic rings. The summed E-state index contributed by atoms with van der Waals surface area (Å²) in [6.45, 7) is 1.32. The number of hydrogen-bond acceptors (Lipinski definition) is 3. The van der Waals surface area contributed by atoms with Gasteiger partial charge in [-0.2, -0.15) is 0 Å². The van der Waals surface area contributed by atoms with Crippen LogP contribution in [0, 0.1) is 0 Å². The Hall–Kier alpha value is -1.32. The van der Waals surface area contributed by atoms with Crippen LogP contribution in [0.25, 0.3) is 11.0 Å². The van der Waals surface area contributed by atoms with Crippen molar-refractivity contribution in [2.24, 2.45) is 0 Å². The van der Waals surface area contributed by atoms with E-state index in [1.807, 2.05) is 30.3 Å². The molecule has 0 amide bonds. The molecule has 1 aliphatic heterocycles. The number of para-hydroxylation sites is 1. The molecule has 0 saturated carbocycles. The fraction of sp³-hybridized carbons (Fsp3) is 0.429. The van der Waals surface area contributed by atoms with Gasteiger partial charge in [-0.25, -0.2) is 0 Å². The highest BCUT2D eigenvalue weighted by Gasteiger charge is 2.33. The van der Waals surface area contributed by atoms with Gasteiger partial charge < -0.3 is 14.3 Å². The highest BCUT2D eigenvalue weighted by Crippen LogP contribution is 2.35. The first-order chi connectivity index (χ1) is 8.28. The lowest BCUT2D eigenvalue weighted by Gasteiger charge is -2.22. The monoisotopic (exact) mass is 232 g/mol. The lowest BCUT2D eigenvalue weighted by molar-refractivity contribution is -0.00381. The molecule has 0 spiro atoms. The first-order valence-electron chi connectivity index (χ1n) is 6.07. The Labute approximate surface area is 100.0 Å². The van der Waals surface area contributed by atoms with Crippen LogP contribution < -0.4 is 0 Å². The quantitative estimate of drug-likeness (QED) is 0.822. The molecule has 1 atom stereocenters. The van der Waals surface area contributed by atoms with Gasteiger partial charge in [-0.1, -0.05) is 18.2 Å². The fourth-order valence-electron chi connectivity index (χ4n) is 2.39. The zero-order valence-electron chi connectivity index (χ0n) is 9.69. The van der Waals surface area contributed by atoms with Crippen molar-refractivity contribution in [3.05, 3.63) is 36.1 Å². The molecule has 90 valence electrons. The largest absolute Gasteiger partial charge is 0.458 e. The molecule has 0 bridgehead atoms. The molecule has 1 N–H and O–H groups in total. The number of rotatable bonds is 1. The highest BCUT2D eigenvalue weighted by molar-refractivity contribution is 5.77. The molecule has 0 radical (unpaired) electrons. The zero-order valence-corrected chi connectivity index (χ0v) is 9.69. The predicted molar refractivity (Wildman–Crippen MR) is 64.8 cm³/mol. The van der Waals surface area contributed by atoms with Gasteiger partial charge in [-0.3, -0.25) is 0 Å². The van der Waals surface area contributed by atoms with E-state index in [-0.39, 0.29) is 0 Å². The first kappa shape index (κ1) is 10.8. The second-order valence-electron chi connectivity index (χ2n) is 4.65. The van der Waals surface area contributed by atoms with Gasteiger partial charge >= 0.3 is 0 Å². The summed E-state index contributed by atoms with van der Waals surface area (Å²) in [4.78, 5) is 0. The smallest absolute Gasteiger partial charge is 0.136 e. The van der Waals surface area contributed by atoms with Crippen LogP contribution in [-0.2, 0) is 10.3 Å². The van der Waals surface area contributed by atoms with Crippen molar-refractivity contribution in [2.45, 2.75) is 24.9 Å². The maximum absolute atomic E-state index is 10.6. The Morgan fingerprint density at radius 2 is 2.00 bits per heavy atom. The van der Waals surface area contributed by atoms with Crippen LogP contribution >= 0.6 is 0 Å². The SMILES string of the molecule is OC1(c2cc3ccccc3o2)CCCOCC1. The van der Waals surface area contributed by atoms with Crippen LogP contribution in [0.15, 0.2) is 34.7 Å². The maximum Gasteiger partial charge on any atom is 0.136 e. The van der Waals surface area contributed by atoms with Crippen LogP contribution in [0.4, 0.5) is 0 Å². The Morgan fingerprint density at radius 3 is 2.88 bits per heavy atom. The topological polar surface area (TPSA) is 42.6 Å². The number of fused-ring (bicyclic) bond motifs is 1. The van der Waals surface area contributed by atoms with Crippen LogP contribution in [0.3, 0.4) is 0 Å². The second-order valence-corrected chi connectivity index (χ2v) is 4.65. The summed E-state index contributed by atoms with van der Waals surface area (Å²) in [6.07, 6.45) is 2.17. The predicted octanol–water partition coefficient (Wildman–Crippen LogP) is 2.82. The van der Waals surface area contributed by atoms with Gasteiger partial charge in [0, 0.05) is 25.0 Å². The molecule has 1 aliphatic rings. The summed E-state index contributed by atoms with van der Waals surface area (Å²) >= 11 is 0. The Balaban J connectivity index is 2.01. The molecule has 3 nitrogen and oxygen atoms in total. The van der Waals surface area contributed by atoms with E-state index >= 15 is 0 Å². The summed E-state index contributed by atoms with van der Waals surface area (Å²) < 4.78 is 11.1. The molecule has 17 heavy (non-hydrogen) atoms. The molecular weight excluding hydrogens is 216 g/mol. The lowest BCUT2D eigenvalue weighted by Crippen LogP contribution is -2.25. The van der Waals surface area contributed by atoms with E-state index in [1.54, 1.807) is 0 Å². The Bertz CT molecular complexity index is 474. The molecular formula is C14H16O3. The third-order valence-electron chi connectivity index (χ3n) is 3.42. The Kier molecular flexibility index (Phi) is 2.65. The van der Waals surface area contributed by atoms with Gasteiger partial charge in [0.15, 0.2) is 0 Å². The average Bonchev–Trinajstić information content (AvgIpc) is 2.66. The summed E-state index contributed by atoms with van der Waals surface area (Å²) in [7, 11) is 0. The zero-order chi connectivity index (χ0) is 11.7. The summed E-state index contributed by atoms with van der Waals surface area (Å²) in [5, 5.41) is 11.7. The molecule has 0 aliphatic carbocycles. The van der Waals surface area contributed by atoms with Gasteiger partial charge in [0.05, 0.1) is 0 Å². The minimum Gasteiger partial charge on any atom is -0.458 e. The highest BCUT2D eigenvalue weighted by atomic mass is 16.5. The minimum absolute atomic E-state index is 0.591. The number of hydrogen-bond donors (Lipinski definition) is 1. The number of ether oxygens (including phenoxy) is 1. The van der Waals surface area contributed by atoms with Gasteiger partial charge in [0.1, 0.15) is 16.9 Å². The molecule has 1 saturated heterocycles. The molecule has 2 heterocycles. The summed E-state index contributed by atoms with van der Waals surface area (Å²) in [5.41, 5.74) is -0.0312. The molecule has 3 rings (SSSR count). The standard InChI is InChI=1S/C14H16O3/c15-14(6-3-8-16-9-7-14)13-10-11-4-1-2-5-12(11)17-13/h1-2,4-5,10,15H,3,6-9H2. The normalized spacial score (nSPS) is 25.9. The molecule has 1 fully saturated rings. The summed E-state index contributed by atoms with van der Waals surface area (Å²) in [5.74, 6) is 0.671. The van der Waals surface area contributed by atoms with Gasteiger partial charge in [0.2, 0.25) is 0 Å². The van der Waals surface area contributed by atoms with Crippen molar-refractivity contribution >= 4 is 11.0 Å². The molecule has 1 aromatic heterocycles. The number of aliphatic hydroxyl groups is 1. The van der Waals surface area contributed by atoms with E-state index < -0.39 is 5.60 Å². The van der Waals surface area contributed by atoms with Crippen molar-refractivity contribution < 1.29 is 14.3 Å². The van der Waals surface area contributed by atoms with Crippen molar-refractivity contribution in [2.75, 3.05) is 13.2 Å². The molecule has 3 heteroatoms. The van der Waals surface area contributed by atoms with E-state index in [9.17, 15) is 5.11 Å². The summed E-state index contributed by atoms with van der Waals surface area (Å²) in [6, 6.07) is 9.78. The van der Waals surface area contributed by atoms with E-state index in [0.717, 1.165) is 24.0 Å².